The fourth-order valence-electron chi connectivity index (χ4n) is 5.27. The van der Waals surface area contributed by atoms with Gasteiger partial charge in [0.05, 0.1) is 5.92 Å². The van der Waals surface area contributed by atoms with Gasteiger partial charge in [-0.1, -0.05) is 12.8 Å². The average Bonchev–Trinajstić information content (AvgIpc) is 3.36. The summed E-state index contributed by atoms with van der Waals surface area (Å²) in [6.45, 7) is 3.77. The molecular formula is C19H30N2O2. The van der Waals surface area contributed by atoms with Crippen molar-refractivity contribution in [2.75, 3.05) is 13.1 Å². The van der Waals surface area contributed by atoms with Crippen LogP contribution in [0.2, 0.25) is 0 Å². The van der Waals surface area contributed by atoms with Crippen molar-refractivity contribution in [3.8, 4) is 0 Å². The highest BCUT2D eigenvalue weighted by Gasteiger charge is 2.45. The summed E-state index contributed by atoms with van der Waals surface area (Å²) in [7, 11) is 0. The van der Waals surface area contributed by atoms with Crippen LogP contribution in [0.5, 0.6) is 0 Å². The minimum atomic E-state index is 0.0505. The van der Waals surface area contributed by atoms with Gasteiger partial charge < -0.3 is 9.80 Å². The Morgan fingerprint density at radius 3 is 2.43 bits per heavy atom. The van der Waals surface area contributed by atoms with E-state index < -0.39 is 0 Å². The molecule has 2 amide bonds. The van der Waals surface area contributed by atoms with Crippen molar-refractivity contribution >= 4 is 11.8 Å². The van der Waals surface area contributed by atoms with E-state index >= 15 is 0 Å². The van der Waals surface area contributed by atoms with Crippen molar-refractivity contribution in [1.82, 2.24) is 9.80 Å². The fraction of sp³-hybridized carbons (Fsp3) is 0.895. The van der Waals surface area contributed by atoms with E-state index in [1.54, 1.807) is 0 Å². The molecule has 2 saturated heterocycles. The number of nitrogens with zero attached hydrogens (tertiary/aromatic N) is 2. The van der Waals surface area contributed by atoms with Crippen molar-refractivity contribution < 1.29 is 9.59 Å². The van der Waals surface area contributed by atoms with E-state index in [-0.39, 0.29) is 11.8 Å². The Hall–Kier alpha value is -1.06. The summed E-state index contributed by atoms with van der Waals surface area (Å²) in [6.07, 6.45) is 10.4. The second-order valence-corrected chi connectivity index (χ2v) is 8.34. The molecule has 0 N–H and O–H groups in total. The average molecular weight is 318 g/mol. The maximum atomic E-state index is 13.2. The van der Waals surface area contributed by atoms with Gasteiger partial charge in [0.15, 0.2) is 0 Å². The van der Waals surface area contributed by atoms with E-state index in [0.717, 1.165) is 38.1 Å². The van der Waals surface area contributed by atoms with Gasteiger partial charge in [-0.2, -0.15) is 0 Å². The minimum Gasteiger partial charge on any atom is -0.342 e. The van der Waals surface area contributed by atoms with Gasteiger partial charge in [-0.15, -0.1) is 0 Å². The first-order valence-corrected chi connectivity index (χ1v) is 9.76. The number of carbonyl (C=O) groups excluding carboxylic acids is 2. The Morgan fingerprint density at radius 1 is 0.870 bits per heavy atom. The molecule has 2 saturated carbocycles. The highest BCUT2D eigenvalue weighted by Crippen LogP contribution is 2.41. The topological polar surface area (TPSA) is 40.6 Å². The Kier molecular flexibility index (Phi) is 4.10. The zero-order valence-electron chi connectivity index (χ0n) is 14.4. The first kappa shape index (κ1) is 15.5. The van der Waals surface area contributed by atoms with Crippen molar-refractivity contribution in [3.63, 3.8) is 0 Å². The molecule has 4 heteroatoms. The number of fused-ring (bicyclic) bond motifs is 1. The largest absolute Gasteiger partial charge is 0.342 e. The van der Waals surface area contributed by atoms with E-state index in [2.05, 4.69) is 11.8 Å². The van der Waals surface area contributed by atoms with Gasteiger partial charge in [0.1, 0.15) is 0 Å². The van der Waals surface area contributed by atoms with E-state index in [1.807, 2.05) is 4.90 Å². The normalized spacial score (nSPS) is 37.6. The highest BCUT2D eigenvalue weighted by atomic mass is 16.2. The van der Waals surface area contributed by atoms with Gasteiger partial charge in [-0.3, -0.25) is 9.59 Å². The molecule has 4 fully saturated rings. The lowest BCUT2D eigenvalue weighted by Crippen LogP contribution is -2.50. The third-order valence-corrected chi connectivity index (χ3v) is 6.61. The molecule has 0 bridgehead atoms. The van der Waals surface area contributed by atoms with Gasteiger partial charge in [0.25, 0.3) is 0 Å². The van der Waals surface area contributed by atoms with E-state index in [0.29, 0.717) is 30.4 Å². The number of amides is 2. The maximum absolute atomic E-state index is 13.2. The van der Waals surface area contributed by atoms with Crippen LogP contribution in [-0.2, 0) is 9.59 Å². The quantitative estimate of drug-likeness (QED) is 0.785. The smallest absolute Gasteiger partial charge is 0.227 e. The van der Waals surface area contributed by atoms with Crippen molar-refractivity contribution in [3.05, 3.63) is 0 Å². The number of hydrogen-bond donors (Lipinski definition) is 0. The van der Waals surface area contributed by atoms with Crippen LogP contribution in [-0.4, -0.2) is 46.8 Å². The Morgan fingerprint density at radius 2 is 1.65 bits per heavy atom. The number of hydrogen-bond acceptors (Lipinski definition) is 2. The summed E-state index contributed by atoms with van der Waals surface area (Å²) in [4.78, 5) is 29.8. The fourth-order valence-corrected chi connectivity index (χ4v) is 5.27. The van der Waals surface area contributed by atoms with Crippen LogP contribution in [0, 0.1) is 17.8 Å². The van der Waals surface area contributed by atoms with Crippen LogP contribution >= 0.6 is 0 Å². The Labute approximate surface area is 139 Å². The number of rotatable bonds is 2. The molecule has 4 nitrogen and oxygen atoms in total. The summed E-state index contributed by atoms with van der Waals surface area (Å²) in [5, 5.41) is 0. The van der Waals surface area contributed by atoms with Crippen LogP contribution < -0.4 is 0 Å². The van der Waals surface area contributed by atoms with Crippen LogP contribution in [0.3, 0.4) is 0 Å². The molecular weight excluding hydrogens is 288 g/mol. The van der Waals surface area contributed by atoms with E-state index in [1.165, 1.54) is 32.1 Å². The van der Waals surface area contributed by atoms with E-state index in [9.17, 15) is 9.59 Å². The zero-order chi connectivity index (χ0) is 16.0. The molecule has 4 atom stereocenters. The van der Waals surface area contributed by atoms with Gasteiger partial charge in [0.2, 0.25) is 11.8 Å². The highest BCUT2D eigenvalue weighted by molar-refractivity contribution is 5.84. The van der Waals surface area contributed by atoms with Gasteiger partial charge >= 0.3 is 0 Å². The summed E-state index contributed by atoms with van der Waals surface area (Å²) >= 11 is 0. The zero-order valence-corrected chi connectivity index (χ0v) is 14.4. The Bertz CT molecular complexity index is 488. The molecule has 0 spiro atoms. The second-order valence-electron chi connectivity index (χ2n) is 8.34. The molecule has 2 heterocycles. The first-order chi connectivity index (χ1) is 11.1. The SMILES string of the molecule is C[C@@H]1C[C@@H]2CCCC[C@H]2N1C(=O)[C@@H]1CCCN(C(=O)C2CC2)C1. The predicted molar refractivity (Wildman–Crippen MR) is 88.7 cm³/mol. The molecule has 0 unspecified atom stereocenters. The van der Waals surface area contributed by atoms with Crippen LogP contribution in [0.15, 0.2) is 0 Å². The number of carbonyl (C=O) groups is 2. The van der Waals surface area contributed by atoms with Crippen LogP contribution in [0.25, 0.3) is 0 Å². The number of piperidine rings is 1. The van der Waals surface area contributed by atoms with E-state index in [4.69, 9.17) is 0 Å². The molecule has 128 valence electrons. The van der Waals surface area contributed by atoms with Crippen LogP contribution in [0.1, 0.15) is 64.7 Å². The van der Waals surface area contributed by atoms with Gasteiger partial charge in [0, 0.05) is 31.1 Å². The maximum Gasteiger partial charge on any atom is 0.227 e. The molecule has 2 aliphatic heterocycles. The molecule has 0 aromatic carbocycles. The molecule has 23 heavy (non-hydrogen) atoms. The molecule has 4 rings (SSSR count). The second kappa shape index (κ2) is 6.10. The summed E-state index contributed by atoms with van der Waals surface area (Å²) in [5.41, 5.74) is 0. The lowest BCUT2D eigenvalue weighted by molar-refractivity contribution is -0.143. The monoisotopic (exact) mass is 318 g/mol. The molecule has 2 aliphatic carbocycles. The predicted octanol–water partition coefficient (Wildman–Crippen LogP) is 2.81. The lowest BCUT2D eigenvalue weighted by atomic mass is 9.84. The summed E-state index contributed by atoms with van der Waals surface area (Å²) in [5.74, 6) is 1.72. The first-order valence-electron chi connectivity index (χ1n) is 9.76. The van der Waals surface area contributed by atoms with Gasteiger partial charge in [-0.05, 0) is 57.8 Å². The minimum absolute atomic E-state index is 0.0505. The Balaban J connectivity index is 1.44. The van der Waals surface area contributed by atoms with Crippen molar-refractivity contribution in [1.29, 1.82) is 0 Å². The number of likely N-dealkylation sites (tertiary alicyclic amines) is 2. The standard InChI is InChI=1S/C19H30N2O2/c1-13-11-15-5-2-3-7-17(15)21(13)19(23)16-6-4-10-20(12-16)18(22)14-8-9-14/h13-17H,2-12H2,1H3/t13-,15+,16-,17-/m1/s1. The van der Waals surface area contributed by atoms with Gasteiger partial charge in [-0.25, -0.2) is 0 Å². The molecule has 4 aliphatic rings. The molecule has 0 radical (unpaired) electrons. The summed E-state index contributed by atoms with van der Waals surface area (Å²) in [6, 6.07) is 0.880. The lowest BCUT2D eigenvalue weighted by Gasteiger charge is -2.39. The van der Waals surface area contributed by atoms with Crippen molar-refractivity contribution in [2.24, 2.45) is 17.8 Å². The third-order valence-electron chi connectivity index (χ3n) is 6.61. The molecule has 0 aromatic heterocycles. The third kappa shape index (κ3) is 2.89. The molecule has 0 aromatic rings. The van der Waals surface area contributed by atoms with Crippen molar-refractivity contribution in [2.45, 2.75) is 76.8 Å². The summed E-state index contributed by atoms with van der Waals surface area (Å²) < 4.78 is 0. The van der Waals surface area contributed by atoms with Crippen LogP contribution in [0.4, 0.5) is 0 Å².